The van der Waals surface area contributed by atoms with Crippen LogP contribution in [0.3, 0.4) is 0 Å². The summed E-state index contributed by atoms with van der Waals surface area (Å²) < 4.78 is 5.39. The van der Waals surface area contributed by atoms with Crippen molar-refractivity contribution in [3.05, 3.63) is 71.8 Å². The van der Waals surface area contributed by atoms with Crippen LogP contribution in [0.25, 0.3) is 0 Å². The van der Waals surface area contributed by atoms with Crippen LogP contribution >= 0.6 is 12.4 Å². The predicted octanol–water partition coefficient (Wildman–Crippen LogP) is 3.70. The first-order valence-electron chi connectivity index (χ1n) is 7.97. The number of halogens is 1. The highest BCUT2D eigenvalue weighted by molar-refractivity contribution is 5.85. The van der Waals surface area contributed by atoms with Crippen molar-refractivity contribution >= 4 is 18.5 Å². The highest BCUT2D eigenvalue weighted by Crippen LogP contribution is 2.30. The molecule has 0 saturated carbocycles. The van der Waals surface area contributed by atoms with Crippen molar-refractivity contribution < 1.29 is 9.53 Å². The molecule has 0 radical (unpaired) electrons. The van der Waals surface area contributed by atoms with E-state index in [4.69, 9.17) is 10.5 Å². The first-order chi connectivity index (χ1) is 11.2. The fourth-order valence-corrected chi connectivity index (χ4v) is 2.96. The number of likely N-dealkylation sites (tertiary alicyclic amines) is 1. The van der Waals surface area contributed by atoms with E-state index in [9.17, 15) is 4.79 Å². The molecular formula is C19H23ClN2O2. The molecule has 0 bridgehead atoms. The molecule has 0 unspecified atom stereocenters. The van der Waals surface area contributed by atoms with Crippen LogP contribution in [0.1, 0.15) is 24.0 Å². The standard InChI is InChI=1S/C19H22N2O2.ClH/c20-19(17-9-5-2-6-10-17)11-13-21(14-12-19)18(22)23-15-16-7-3-1-4-8-16;/h1-10H,11-15,20H2;1H. The summed E-state index contributed by atoms with van der Waals surface area (Å²) in [5.41, 5.74) is 8.31. The highest BCUT2D eigenvalue weighted by Gasteiger charge is 2.34. The van der Waals surface area contributed by atoms with E-state index in [1.54, 1.807) is 4.90 Å². The lowest BCUT2D eigenvalue weighted by Gasteiger charge is -2.39. The third-order valence-electron chi connectivity index (χ3n) is 4.47. The zero-order valence-corrected chi connectivity index (χ0v) is 14.4. The quantitative estimate of drug-likeness (QED) is 0.922. The van der Waals surface area contributed by atoms with Gasteiger partial charge in [0.2, 0.25) is 0 Å². The van der Waals surface area contributed by atoms with Crippen LogP contribution in [0.2, 0.25) is 0 Å². The molecule has 2 N–H and O–H groups in total. The van der Waals surface area contributed by atoms with Gasteiger partial charge in [-0.2, -0.15) is 0 Å². The lowest BCUT2D eigenvalue weighted by atomic mass is 9.82. The van der Waals surface area contributed by atoms with Gasteiger partial charge in [0.15, 0.2) is 0 Å². The molecule has 0 atom stereocenters. The molecule has 24 heavy (non-hydrogen) atoms. The fourth-order valence-electron chi connectivity index (χ4n) is 2.96. The van der Waals surface area contributed by atoms with Gasteiger partial charge in [-0.3, -0.25) is 0 Å². The topological polar surface area (TPSA) is 55.6 Å². The number of carbonyl (C=O) groups excluding carboxylic acids is 1. The van der Waals surface area contributed by atoms with E-state index in [0.29, 0.717) is 19.7 Å². The first-order valence-corrected chi connectivity index (χ1v) is 7.97. The smallest absolute Gasteiger partial charge is 0.410 e. The van der Waals surface area contributed by atoms with Crippen LogP contribution in [-0.2, 0) is 16.9 Å². The molecule has 5 heteroatoms. The molecule has 0 aromatic heterocycles. The Morgan fingerprint density at radius 1 is 1.00 bits per heavy atom. The maximum Gasteiger partial charge on any atom is 0.410 e. The van der Waals surface area contributed by atoms with Crippen molar-refractivity contribution in [2.45, 2.75) is 25.0 Å². The third-order valence-corrected chi connectivity index (χ3v) is 4.47. The second kappa shape index (κ2) is 8.18. The van der Waals surface area contributed by atoms with Crippen LogP contribution in [-0.4, -0.2) is 24.1 Å². The summed E-state index contributed by atoms with van der Waals surface area (Å²) in [5.74, 6) is 0. The second-order valence-electron chi connectivity index (χ2n) is 6.05. The van der Waals surface area contributed by atoms with Crippen molar-refractivity contribution in [2.75, 3.05) is 13.1 Å². The van der Waals surface area contributed by atoms with Crippen LogP contribution in [0, 0.1) is 0 Å². The average Bonchev–Trinajstić information content (AvgIpc) is 2.62. The number of rotatable bonds is 3. The van der Waals surface area contributed by atoms with Gasteiger partial charge in [-0.1, -0.05) is 60.7 Å². The lowest BCUT2D eigenvalue weighted by Crippen LogP contribution is -2.49. The first kappa shape index (κ1) is 18.3. The predicted molar refractivity (Wildman–Crippen MR) is 97.0 cm³/mol. The molecule has 2 aromatic carbocycles. The second-order valence-corrected chi connectivity index (χ2v) is 6.05. The minimum Gasteiger partial charge on any atom is -0.445 e. The summed E-state index contributed by atoms with van der Waals surface area (Å²) in [4.78, 5) is 13.9. The van der Waals surface area contributed by atoms with Gasteiger partial charge in [0, 0.05) is 18.6 Å². The number of ether oxygens (including phenoxy) is 1. The molecule has 1 aliphatic rings. The van der Waals surface area contributed by atoms with Gasteiger partial charge in [-0.15, -0.1) is 12.4 Å². The molecule has 128 valence electrons. The van der Waals surface area contributed by atoms with Gasteiger partial charge in [-0.05, 0) is 24.0 Å². The molecule has 3 rings (SSSR count). The van der Waals surface area contributed by atoms with E-state index >= 15 is 0 Å². The molecule has 1 heterocycles. The number of hydrogen-bond acceptors (Lipinski definition) is 3. The minimum atomic E-state index is -0.350. The Bertz CT molecular complexity index is 641. The zero-order chi connectivity index (χ0) is 16.1. The minimum absolute atomic E-state index is 0. The Labute approximate surface area is 149 Å². The van der Waals surface area contributed by atoms with Gasteiger partial charge >= 0.3 is 6.09 Å². The van der Waals surface area contributed by atoms with Gasteiger partial charge in [0.1, 0.15) is 6.61 Å². The Morgan fingerprint density at radius 2 is 1.54 bits per heavy atom. The zero-order valence-electron chi connectivity index (χ0n) is 13.6. The lowest BCUT2D eigenvalue weighted by molar-refractivity contribution is 0.0779. The molecule has 1 fully saturated rings. The number of benzene rings is 2. The van der Waals surface area contributed by atoms with Crippen molar-refractivity contribution in [1.29, 1.82) is 0 Å². The molecule has 0 spiro atoms. The summed E-state index contributed by atoms with van der Waals surface area (Å²) >= 11 is 0. The van der Waals surface area contributed by atoms with E-state index in [1.165, 1.54) is 0 Å². The van der Waals surface area contributed by atoms with Gasteiger partial charge in [-0.25, -0.2) is 4.79 Å². The Morgan fingerprint density at radius 3 is 2.12 bits per heavy atom. The van der Waals surface area contributed by atoms with Crippen molar-refractivity contribution in [3.63, 3.8) is 0 Å². The monoisotopic (exact) mass is 346 g/mol. The summed E-state index contributed by atoms with van der Waals surface area (Å²) in [6.07, 6.45) is 1.23. The molecule has 1 amide bonds. The van der Waals surface area contributed by atoms with E-state index in [0.717, 1.165) is 24.0 Å². The number of piperidine rings is 1. The van der Waals surface area contributed by atoms with E-state index < -0.39 is 0 Å². The molecule has 2 aromatic rings. The number of nitrogens with two attached hydrogens (primary N) is 1. The Balaban J connectivity index is 0.00000208. The number of nitrogens with zero attached hydrogens (tertiary/aromatic N) is 1. The molecule has 1 aliphatic heterocycles. The largest absolute Gasteiger partial charge is 0.445 e. The molecule has 1 saturated heterocycles. The Hall–Kier alpha value is -2.04. The van der Waals surface area contributed by atoms with Gasteiger partial charge in [0.05, 0.1) is 0 Å². The average molecular weight is 347 g/mol. The molecular weight excluding hydrogens is 324 g/mol. The summed E-state index contributed by atoms with van der Waals surface area (Å²) in [6, 6.07) is 19.8. The Kier molecular flexibility index (Phi) is 6.23. The molecule has 0 aliphatic carbocycles. The third kappa shape index (κ3) is 4.28. The van der Waals surface area contributed by atoms with Gasteiger partial charge < -0.3 is 15.4 Å². The van der Waals surface area contributed by atoms with E-state index in [2.05, 4.69) is 12.1 Å². The van der Waals surface area contributed by atoms with Crippen molar-refractivity contribution in [3.8, 4) is 0 Å². The van der Waals surface area contributed by atoms with Crippen LogP contribution in [0.5, 0.6) is 0 Å². The van der Waals surface area contributed by atoms with E-state index in [-0.39, 0.29) is 24.0 Å². The molecule has 4 nitrogen and oxygen atoms in total. The fraction of sp³-hybridized carbons (Fsp3) is 0.316. The van der Waals surface area contributed by atoms with Gasteiger partial charge in [0.25, 0.3) is 0 Å². The normalized spacial score (nSPS) is 16.1. The van der Waals surface area contributed by atoms with E-state index in [1.807, 2.05) is 48.5 Å². The van der Waals surface area contributed by atoms with Crippen LogP contribution < -0.4 is 5.73 Å². The van der Waals surface area contributed by atoms with Crippen molar-refractivity contribution in [2.24, 2.45) is 5.73 Å². The summed E-state index contributed by atoms with van der Waals surface area (Å²) in [5, 5.41) is 0. The van der Waals surface area contributed by atoms with Crippen LogP contribution in [0.4, 0.5) is 4.79 Å². The number of amides is 1. The SMILES string of the molecule is Cl.NC1(c2ccccc2)CCN(C(=O)OCc2ccccc2)CC1. The highest BCUT2D eigenvalue weighted by atomic mass is 35.5. The maximum absolute atomic E-state index is 12.2. The van der Waals surface area contributed by atoms with Crippen LogP contribution in [0.15, 0.2) is 60.7 Å². The number of carbonyl (C=O) groups is 1. The summed E-state index contributed by atoms with van der Waals surface area (Å²) in [6.45, 7) is 1.56. The number of hydrogen-bond donors (Lipinski definition) is 1. The summed E-state index contributed by atoms with van der Waals surface area (Å²) in [7, 11) is 0. The maximum atomic E-state index is 12.2. The van der Waals surface area contributed by atoms with Crippen molar-refractivity contribution in [1.82, 2.24) is 4.90 Å².